The number of hydrogen-bond donors (Lipinski definition) is 4. The summed E-state index contributed by atoms with van der Waals surface area (Å²) in [6, 6.07) is 0.563. The first-order chi connectivity index (χ1) is 13.4. The first kappa shape index (κ1) is 22.1. The van der Waals surface area contributed by atoms with Crippen LogP contribution in [0.15, 0.2) is 12.7 Å². The Morgan fingerprint density at radius 2 is 1.93 bits per heavy atom. The van der Waals surface area contributed by atoms with Crippen LogP contribution < -0.4 is 5.73 Å². The van der Waals surface area contributed by atoms with E-state index in [1.807, 2.05) is 0 Å². The number of nitrogens with two attached hydrogens (primary N) is 1. The lowest BCUT2D eigenvalue weighted by molar-refractivity contribution is -0.134. The van der Waals surface area contributed by atoms with E-state index in [1.165, 1.54) is 17.2 Å². The molecule has 0 amide bonds. The van der Waals surface area contributed by atoms with Crippen LogP contribution in [-0.4, -0.2) is 74.1 Å². The number of fused-ring (bicyclic) bond motifs is 1. The molecule has 1 aliphatic heterocycles. The van der Waals surface area contributed by atoms with Gasteiger partial charge in [-0.1, -0.05) is 33.9 Å². The minimum absolute atomic E-state index is 0.0474. The van der Waals surface area contributed by atoms with E-state index in [4.69, 9.17) is 15.2 Å². The number of hydrogen-bond acceptors (Lipinski definition) is 9. The summed E-state index contributed by atoms with van der Waals surface area (Å²) in [6.07, 6.45) is -2.33. The minimum atomic E-state index is -1.73. The molecule has 5 atom stereocenters. The number of nitrogen functional groups attached to an aromatic ring is 1. The Hall–Kier alpha value is -1.63. The lowest BCUT2D eigenvalue weighted by Gasteiger charge is -2.38. The molecule has 29 heavy (non-hydrogen) atoms. The van der Waals surface area contributed by atoms with Crippen LogP contribution in [0.5, 0.6) is 0 Å². The minimum Gasteiger partial charge on any atom is -0.387 e. The summed E-state index contributed by atoms with van der Waals surface area (Å²) in [5, 5.41) is 31.4. The molecule has 0 aliphatic carbocycles. The van der Waals surface area contributed by atoms with Crippen molar-refractivity contribution in [3.8, 4) is 0 Å². The second-order valence-corrected chi connectivity index (χ2v) is 14.9. The van der Waals surface area contributed by atoms with Gasteiger partial charge in [0.05, 0.1) is 21.0 Å². The predicted molar refractivity (Wildman–Crippen MR) is 110 cm³/mol. The molecule has 3 heterocycles. The summed E-state index contributed by atoms with van der Waals surface area (Å²) in [4.78, 5) is 12.2. The van der Waals surface area contributed by atoms with Crippen LogP contribution in [0.1, 0.15) is 27.0 Å². The molecule has 1 unspecified atom stereocenters. The van der Waals surface area contributed by atoms with Gasteiger partial charge in [0.1, 0.15) is 30.2 Å². The molecule has 0 spiro atoms. The van der Waals surface area contributed by atoms with Crippen LogP contribution in [0.3, 0.4) is 0 Å². The molecule has 2 aromatic rings. The van der Waals surface area contributed by atoms with Crippen molar-refractivity contribution in [3.63, 3.8) is 0 Å². The largest absolute Gasteiger partial charge is 0.387 e. The third kappa shape index (κ3) is 4.30. The molecule has 5 N–H and O–H groups in total. The average Bonchev–Trinajstić information content (AvgIpc) is 3.15. The highest BCUT2D eigenvalue weighted by atomic mass is 28.3. The highest BCUT2D eigenvalue weighted by molar-refractivity contribution is 6.80. The van der Waals surface area contributed by atoms with Crippen LogP contribution in [0, 0.1) is 0 Å². The molecule has 1 fully saturated rings. The molecule has 0 bridgehead atoms. The lowest BCUT2D eigenvalue weighted by Crippen LogP contribution is -2.42. The van der Waals surface area contributed by atoms with E-state index in [9.17, 15) is 15.3 Å². The van der Waals surface area contributed by atoms with Crippen molar-refractivity contribution >= 4 is 25.1 Å². The Labute approximate surface area is 170 Å². The van der Waals surface area contributed by atoms with Crippen molar-refractivity contribution in [1.82, 2.24) is 19.5 Å². The van der Waals surface area contributed by atoms with Crippen LogP contribution >= 0.6 is 0 Å². The monoisotopic (exact) mass is 425 g/mol. The van der Waals surface area contributed by atoms with E-state index in [2.05, 4.69) is 48.8 Å². The fourth-order valence-corrected chi connectivity index (χ4v) is 4.76. The molecule has 162 valence electrons. The summed E-state index contributed by atoms with van der Waals surface area (Å²) in [6.45, 7) is 10.9. The number of aromatic nitrogens is 4. The number of aliphatic hydroxyl groups is 3. The van der Waals surface area contributed by atoms with Gasteiger partial charge < -0.3 is 30.5 Å². The van der Waals surface area contributed by atoms with Gasteiger partial charge in [-0.05, 0) is 11.1 Å². The number of imidazole rings is 1. The van der Waals surface area contributed by atoms with Crippen molar-refractivity contribution in [2.75, 3.05) is 12.3 Å². The molecule has 0 radical (unpaired) electrons. The van der Waals surface area contributed by atoms with Gasteiger partial charge >= 0.3 is 0 Å². The van der Waals surface area contributed by atoms with Crippen LogP contribution in [0.25, 0.3) is 11.2 Å². The van der Waals surface area contributed by atoms with Gasteiger partial charge in [-0.2, -0.15) is 0 Å². The molecular formula is C18H31N5O5Si. The topological polar surface area (TPSA) is 149 Å². The highest BCUT2D eigenvalue weighted by Gasteiger charge is 2.45. The smallest absolute Gasteiger partial charge is 0.167 e. The number of ether oxygens (including phenoxy) is 2. The lowest BCUT2D eigenvalue weighted by atomic mass is 10.1. The maximum Gasteiger partial charge on any atom is 0.167 e. The molecule has 0 aromatic carbocycles. The van der Waals surface area contributed by atoms with Crippen molar-refractivity contribution in [2.24, 2.45) is 0 Å². The van der Waals surface area contributed by atoms with E-state index in [1.54, 1.807) is 0 Å². The van der Waals surface area contributed by atoms with Crippen molar-refractivity contribution in [2.45, 2.75) is 75.8 Å². The highest BCUT2D eigenvalue weighted by Crippen LogP contribution is 2.39. The van der Waals surface area contributed by atoms with Crippen molar-refractivity contribution in [3.05, 3.63) is 12.7 Å². The molecule has 1 aliphatic rings. The standard InChI is InChI=1S/C18H31N5O5Si/c1-18(2,3)29(4,5)7-11(24)27-6-10-13(25)14(26)17(28-10)23-9-22-12-15(19)20-8-21-16(12)23/h8-11,13-14,17,24-26H,6-7H2,1-5H3,(H2,19,20,21)/t10-,11?,13-,14-,17-/m1/s1. The Kier molecular flexibility index (Phi) is 6.00. The van der Waals surface area contributed by atoms with Gasteiger partial charge in [0, 0.05) is 0 Å². The van der Waals surface area contributed by atoms with Gasteiger partial charge in [0.2, 0.25) is 0 Å². The first-order valence-corrected chi connectivity index (χ1v) is 12.9. The fourth-order valence-electron chi connectivity index (χ4n) is 3.16. The fraction of sp³-hybridized carbons (Fsp3) is 0.722. The van der Waals surface area contributed by atoms with Gasteiger partial charge in [-0.3, -0.25) is 4.57 Å². The summed E-state index contributed by atoms with van der Waals surface area (Å²) in [5.41, 5.74) is 6.58. The second kappa shape index (κ2) is 7.89. The summed E-state index contributed by atoms with van der Waals surface area (Å²) in [7, 11) is -1.73. The zero-order chi connectivity index (χ0) is 21.6. The quantitative estimate of drug-likeness (QED) is 0.390. The van der Waals surface area contributed by atoms with Gasteiger partial charge in [0.15, 0.2) is 24.0 Å². The number of nitrogens with zero attached hydrogens (tertiary/aromatic N) is 4. The normalized spacial score (nSPS) is 26.9. The molecular weight excluding hydrogens is 394 g/mol. The summed E-state index contributed by atoms with van der Waals surface area (Å²) < 4.78 is 12.9. The van der Waals surface area contributed by atoms with E-state index in [0.717, 1.165) is 0 Å². The maximum absolute atomic E-state index is 10.5. The Bertz CT molecular complexity index is 855. The summed E-state index contributed by atoms with van der Waals surface area (Å²) in [5.74, 6) is 0.218. The van der Waals surface area contributed by atoms with Crippen molar-refractivity contribution in [1.29, 1.82) is 0 Å². The van der Waals surface area contributed by atoms with E-state index in [-0.39, 0.29) is 17.5 Å². The third-order valence-electron chi connectivity index (χ3n) is 6.17. The number of rotatable bonds is 6. The molecule has 1 saturated heterocycles. The van der Waals surface area contributed by atoms with E-state index >= 15 is 0 Å². The zero-order valence-electron chi connectivity index (χ0n) is 17.5. The summed E-state index contributed by atoms with van der Waals surface area (Å²) >= 11 is 0. The first-order valence-electron chi connectivity index (χ1n) is 9.66. The predicted octanol–water partition coefficient (Wildman–Crippen LogP) is 0.871. The Morgan fingerprint density at radius 3 is 2.59 bits per heavy atom. The maximum atomic E-state index is 10.5. The van der Waals surface area contributed by atoms with Gasteiger partial charge in [-0.15, -0.1) is 0 Å². The van der Waals surface area contributed by atoms with Crippen LogP contribution in [0.4, 0.5) is 5.82 Å². The average molecular weight is 426 g/mol. The van der Waals surface area contributed by atoms with Crippen LogP contribution in [-0.2, 0) is 9.47 Å². The van der Waals surface area contributed by atoms with Gasteiger partial charge in [-0.25, -0.2) is 15.0 Å². The van der Waals surface area contributed by atoms with Gasteiger partial charge in [0.25, 0.3) is 0 Å². The molecule has 3 rings (SSSR count). The molecule has 2 aromatic heterocycles. The van der Waals surface area contributed by atoms with E-state index < -0.39 is 38.9 Å². The second-order valence-electron chi connectivity index (χ2n) is 9.26. The Morgan fingerprint density at radius 1 is 1.24 bits per heavy atom. The van der Waals surface area contributed by atoms with E-state index in [0.29, 0.717) is 17.2 Å². The molecule has 0 saturated carbocycles. The number of anilines is 1. The van der Waals surface area contributed by atoms with Crippen LogP contribution in [0.2, 0.25) is 24.2 Å². The molecule has 10 nitrogen and oxygen atoms in total. The SMILES string of the molecule is CC(C)(C)[Si](C)(C)CC(O)OC[C@H]1O[C@@H](n2cnc3c(N)ncnc32)[C@H](O)[C@@H]1O. The zero-order valence-corrected chi connectivity index (χ0v) is 18.5. The van der Waals surface area contributed by atoms with Crippen molar-refractivity contribution < 1.29 is 24.8 Å². The number of aliphatic hydroxyl groups excluding tert-OH is 3. The molecule has 11 heteroatoms. The Balaban J connectivity index is 1.66. The third-order valence-corrected chi connectivity index (χ3v) is 11.6.